The third-order valence-corrected chi connectivity index (χ3v) is 4.04. The van der Waals surface area contributed by atoms with Crippen LogP contribution in [-0.4, -0.2) is 72.9 Å². The van der Waals surface area contributed by atoms with Crippen LogP contribution < -0.4 is 0 Å². The fourth-order valence-electron chi connectivity index (χ4n) is 2.85. The average Bonchev–Trinajstić information content (AvgIpc) is 2.55. The molecule has 2 aliphatic heterocycles. The van der Waals surface area contributed by atoms with E-state index in [1.807, 2.05) is 0 Å². The van der Waals surface area contributed by atoms with Crippen molar-refractivity contribution in [3.8, 4) is 0 Å². The molecular weight excluding hydrogens is 220 g/mol. The van der Waals surface area contributed by atoms with E-state index in [0.717, 1.165) is 32.6 Å². The van der Waals surface area contributed by atoms with Gasteiger partial charge in [0.05, 0.1) is 0 Å². The van der Waals surface area contributed by atoms with Gasteiger partial charge in [0, 0.05) is 32.8 Å². The van der Waals surface area contributed by atoms with Crippen LogP contribution in [0.1, 0.15) is 19.3 Å². The summed E-state index contributed by atoms with van der Waals surface area (Å²) in [6.07, 6.45) is 2.28. The van der Waals surface area contributed by atoms with Crippen LogP contribution in [-0.2, 0) is 9.53 Å². The first-order chi connectivity index (χ1) is 8.15. The maximum absolute atomic E-state index is 11.7. The minimum atomic E-state index is -0.677. The molecule has 0 spiro atoms. The van der Waals surface area contributed by atoms with Gasteiger partial charge in [0.1, 0.15) is 5.54 Å². The van der Waals surface area contributed by atoms with Crippen LogP contribution in [0.25, 0.3) is 0 Å². The summed E-state index contributed by atoms with van der Waals surface area (Å²) >= 11 is 0. The van der Waals surface area contributed by atoms with E-state index in [-0.39, 0.29) is 0 Å². The molecule has 5 nitrogen and oxygen atoms in total. The molecule has 0 saturated carbocycles. The summed E-state index contributed by atoms with van der Waals surface area (Å²) in [6.45, 7) is 4.88. The Morgan fingerprint density at radius 3 is 2.53 bits per heavy atom. The van der Waals surface area contributed by atoms with E-state index < -0.39 is 11.5 Å². The second-order valence-corrected chi connectivity index (χ2v) is 5.09. The summed E-state index contributed by atoms with van der Waals surface area (Å²) in [7, 11) is 2.10. The number of nitrogens with zero attached hydrogens (tertiary/aromatic N) is 2. The van der Waals surface area contributed by atoms with E-state index in [1.54, 1.807) is 0 Å². The van der Waals surface area contributed by atoms with Gasteiger partial charge < -0.3 is 14.7 Å². The van der Waals surface area contributed by atoms with Gasteiger partial charge in [0.15, 0.2) is 0 Å². The zero-order valence-corrected chi connectivity index (χ0v) is 10.5. The van der Waals surface area contributed by atoms with Crippen molar-refractivity contribution >= 4 is 5.97 Å². The van der Waals surface area contributed by atoms with Crippen LogP contribution in [0.5, 0.6) is 0 Å². The largest absolute Gasteiger partial charge is 0.480 e. The fourth-order valence-corrected chi connectivity index (χ4v) is 2.85. The lowest BCUT2D eigenvalue weighted by atomic mass is 9.87. The molecular formula is C12H22N2O3. The summed E-state index contributed by atoms with van der Waals surface area (Å²) in [5.41, 5.74) is -0.677. The highest BCUT2D eigenvalue weighted by molar-refractivity contribution is 5.79. The van der Waals surface area contributed by atoms with Crippen LogP contribution in [0.3, 0.4) is 0 Å². The van der Waals surface area contributed by atoms with Crippen LogP contribution in [0.4, 0.5) is 0 Å². The molecule has 0 amide bonds. The van der Waals surface area contributed by atoms with Crippen LogP contribution in [0.15, 0.2) is 0 Å². The molecule has 0 bridgehead atoms. The number of carboxylic acid groups (broad SMARTS) is 1. The summed E-state index contributed by atoms with van der Waals surface area (Å²) < 4.78 is 5.32. The van der Waals surface area contributed by atoms with Crippen LogP contribution in [0, 0.1) is 0 Å². The van der Waals surface area contributed by atoms with E-state index >= 15 is 0 Å². The number of hydrogen-bond acceptors (Lipinski definition) is 4. The molecule has 98 valence electrons. The topological polar surface area (TPSA) is 53.0 Å². The molecule has 0 atom stereocenters. The number of aliphatic carboxylic acids is 1. The number of ether oxygens (including phenoxy) is 1. The Kier molecular flexibility index (Phi) is 4.01. The molecule has 1 N–H and O–H groups in total. The van der Waals surface area contributed by atoms with Gasteiger partial charge in [0.2, 0.25) is 0 Å². The molecule has 0 aliphatic carbocycles. The maximum atomic E-state index is 11.7. The van der Waals surface area contributed by atoms with E-state index in [4.69, 9.17) is 4.74 Å². The molecule has 0 aromatic carbocycles. The molecule has 5 heteroatoms. The Hall–Kier alpha value is -0.650. The van der Waals surface area contributed by atoms with E-state index in [2.05, 4.69) is 16.8 Å². The third-order valence-electron chi connectivity index (χ3n) is 4.04. The van der Waals surface area contributed by atoms with E-state index in [9.17, 15) is 9.90 Å². The van der Waals surface area contributed by atoms with Crippen molar-refractivity contribution in [1.82, 2.24) is 9.80 Å². The maximum Gasteiger partial charge on any atom is 0.324 e. The summed E-state index contributed by atoms with van der Waals surface area (Å²) in [4.78, 5) is 16.1. The summed E-state index contributed by atoms with van der Waals surface area (Å²) in [5, 5.41) is 9.59. The first kappa shape index (κ1) is 12.8. The molecule has 0 radical (unpaired) electrons. The first-order valence-corrected chi connectivity index (χ1v) is 6.40. The summed E-state index contributed by atoms with van der Waals surface area (Å²) in [6, 6.07) is 0. The predicted molar refractivity (Wildman–Crippen MR) is 64.1 cm³/mol. The highest BCUT2D eigenvalue weighted by atomic mass is 16.5. The quantitative estimate of drug-likeness (QED) is 0.752. The third kappa shape index (κ3) is 2.61. The van der Waals surface area contributed by atoms with Crippen molar-refractivity contribution in [3.05, 3.63) is 0 Å². The Morgan fingerprint density at radius 2 is 1.88 bits per heavy atom. The molecule has 17 heavy (non-hydrogen) atoms. The van der Waals surface area contributed by atoms with Crippen molar-refractivity contribution in [1.29, 1.82) is 0 Å². The zero-order valence-electron chi connectivity index (χ0n) is 10.5. The molecule has 0 unspecified atom stereocenters. The SMILES string of the molecule is CN1CCCN(C2(C(=O)O)CCOCC2)CC1. The van der Waals surface area contributed by atoms with Crippen molar-refractivity contribution in [2.24, 2.45) is 0 Å². The predicted octanol–water partition coefficient (Wildman–Crippen LogP) is 0.258. The van der Waals surface area contributed by atoms with Crippen LogP contribution in [0.2, 0.25) is 0 Å². The van der Waals surface area contributed by atoms with E-state index in [1.165, 1.54) is 0 Å². The minimum Gasteiger partial charge on any atom is -0.480 e. The van der Waals surface area contributed by atoms with E-state index in [0.29, 0.717) is 26.1 Å². The second kappa shape index (κ2) is 5.33. The lowest BCUT2D eigenvalue weighted by Crippen LogP contribution is -2.58. The minimum absolute atomic E-state index is 0.568. The van der Waals surface area contributed by atoms with Gasteiger partial charge in [-0.1, -0.05) is 0 Å². The monoisotopic (exact) mass is 242 g/mol. The number of rotatable bonds is 2. The normalized spacial score (nSPS) is 27.6. The molecule has 2 heterocycles. The van der Waals surface area contributed by atoms with Gasteiger partial charge in [-0.2, -0.15) is 0 Å². The van der Waals surface area contributed by atoms with Gasteiger partial charge in [-0.3, -0.25) is 9.69 Å². The smallest absolute Gasteiger partial charge is 0.324 e. The van der Waals surface area contributed by atoms with Crippen molar-refractivity contribution in [2.45, 2.75) is 24.8 Å². The Labute approximate surface area is 102 Å². The molecule has 2 aliphatic rings. The Balaban J connectivity index is 2.12. The van der Waals surface area contributed by atoms with Crippen LogP contribution >= 0.6 is 0 Å². The first-order valence-electron chi connectivity index (χ1n) is 6.40. The van der Waals surface area contributed by atoms with Gasteiger partial charge in [0.25, 0.3) is 0 Å². The Bertz CT molecular complexity index is 277. The standard InChI is InChI=1S/C12H22N2O3/c1-13-5-2-6-14(8-7-13)12(11(15)16)3-9-17-10-4-12/h2-10H2,1H3,(H,15,16). The molecule has 2 saturated heterocycles. The van der Waals surface area contributed by atoms with Gasteiger partial charge in [-0.25, -0.2) is 0 Å². The molecule has 2 rings (SSSR count). The average molecular weight is 242 g/mol. The fraction of sp³-hybridized carbons (Fsp3) is 0.917. The highest BCUT2D eigenvalue weighted by Crippen LogP contribution is 2.29. The number of likely N-dealkylation sites (N-methyl/N-ethyl adjacent to an activating group) is 1. The second-order valence-electron chi connectivity index (χ2n) is 5.09. The van der Waals surface area contributed by atoms with Crippen molar-refractivity contribution < 1.29 is 14.6 Å². The number of carbonyl (C=O) groups is 1. The highest BCUT2D eigenvalue weighted by Gasteiger charge is 2.45. The molecule has 0 aromatic heterocycles. The summed E-state index contributed by atoms with van der Waals surface area (Å²) in [5.74, 6) is -0.676. The Morgan fingerprint density at radius 1 is 1.18 bits per heavy atom. The lowest BCUT2D eigenvalue weighted by molar-refractivity contribution is -0.158. The lowest BCUT2D eigenvalue weighted by Gasteiger charge is -2.42. The zero-order chi connectivity index (χ0) is 12.3. The van der Waals surface area contributed by atoms with Crippen molar-refractivity contribution in [2.75, 3.05) is 46.4 Å². The van der Waals surface area contributed by atoms with Crippen molar-refractivity contribution in [3.63, 3.8) is 0 Å². The van der Waals surface area contributed by atoms with Gasteiger partial charge in [-0.05, 0) is 32.9 Å². The molecule has 0 aromatic rings. The molecule has 2 fully saturated rings. The number of carboxylic acids is 1. The van der Waals surface area contributed by atoms with Gasteiger partial charge >= 0.3 is 5.97 Å². The number of hydrogen-bond donors (Lipinski definition) is 1. The van der Waals surface area contributed by atoms with Gasteiger partial charge in [-0.15, -0.1) is 0 Å².